The maximum absolute atomic E-state index is 12.5. The van der Waals surface area contributed by atoms with Crippen molar-refractivity contribution in [1.82, 2.24) is 9.80 Å². The van der Waals surface area contributed by atoms with E-state index in [1.165, 1.54) is 89.9 Å². The molecule has 4 heteroatoms. The van der Waals surface area contributed by atoms with E-state index in [4.69, 9.17) is 4.74 Å². The second kappa shape index (κ2) is 24.5. The summed E-state index contributed by atoms with van der Waals surface area (Å²) in [5.41, 5.74) is 0. The first-order valence-electron chi connectivity index (χ1n) is 14.5. The summed E-state index contributed by atoms with van der Waals surface area (Å²) in [5, 5.41) is 0. The minimum Gasteiger partial charge on any atom is -0.462 e. The summed E-state index contributed by atoms with van der Waals surface area (Å²) in [6.07, 6.45) is 23.0. The van der Waals surface area contributed by atoms with Gasteiger partial charge < -0.3 is 14.5 Å². The molecule has 198 valence electrons. The van der Waals surface area contributed by atoms with E-state index in [9.17, 15) is 4.79 Å². The standard InChI is InChI=1S/C29H60N2O2/c1-6-8-10-12-14-18-22-28(23-19-15-13-11-9-7-2)33-29(32)24-20-16-17-21-25-31(5)27-26-30(3)4/h28H,6-27H2,1-5H3. The Labute approximate surface area is 208 Å². The fourth-order valence-corrected chi connectivity index (χ4v) is 4.30. The Morgan fingerprint density at radius 2 is 1.09 bits per heavy atom. The molecule has 0 aromatic rings. The highest BCUT2D eigenvalue weighted by Crippen LogP contribution is 2.18. The second-order valence-corrected chi connectivity index (χ2v) is 10.5. The number of hydrogen-bond donors (Lipinski definition) is 0. The molecule has 0 bridgehead atoms. The van der Waals surface area contributed by atoms with Gasteiger partial charge in [0, 0.05) is 19.5 Å². The molecular weight excluding hydrogens is 408 g/mol. The van der Waals surface area contributed by atoms with Crippen LogP contribution in [-0.4, -0.2) is 62.7 Å². The van der Waals surface area contributed by atoms with Crippen LogP contribution in [0.15, 0.2) is 0 Å². The SMILES string of the molecule is CCCCCCCCC(CCCCCCCC)OC(=O)CCCCCCN(C)CCN(C)C. The van der Waals surface area contributed by atoms with Gasteiger partial charge in [-0.3, -0.25) is 4.79 Å². The highest BCUT2D eigenvalue weighted by Gasteiger charge is 2.14. The van der Waals surface area contributed by atoms with E-state index in [0.29, 0.717) is 6.42 Å². The smallest absolute Gasteiger partial charge is 0.306 e. The second-order valence-electron chi connectivity index (χ2n) is 10.5. The van der Waals surface area contributed by atoms with Crippen molar-refractivity contribution in [2.75, 3.05) is 40.8 Å². The molecular formula is C29H60N2O2. The van der Waals surface area contributed by atoms with Gasteiger partial charge in [-0.1, -0.05) is 90.9 Å². The van der Waals surface area contributed by atoms with E-state index in [1.54, 1.807) is 0 Å². The van der Waals surface area contributed by atoms with Crippen LogP contribution in [0.3, 0.4) is 0 Å². The van der Waals surface area contributed by atoms with E-state index >= 15 is 0 Å². The number of ether oxygens (including phenoxy) is 1. The molecule has 0 radical (unpaired) electrons. The van der Waals surface area contributed by atoms with Crippen molar-refractivity contribution in [3.8, 4) is 0 Å². The Bertz CT molecular complexity index is 398. The summed E-state index contributed by atoms with van der Waals surface area (Å²) >= 11 is 0. The van der Waals surface area contributed by atoms with Crippen molar-refractivity contribution in [1.29, 1.82) is 0 Å². The zero-order valence-corrected chi connectivity index (χ0v) is 23.3. The molecule has 0 saturated carbocycles. The first-order valence-corrected chi connectivity index (χ1v) is 14.5. The highest BCUT2D eigenvalue weighted by molar-refractivity contribution is 5.69. The molecule has 0 aliphatic heterocycles. The minimum absolute atomic E-state index is 0.0417. The molecule has 0 atom stereocenters. The van der Waals surface area contributed by atoms with Crippen LogP contribution >= 0.6 is 0 Å². The fourth-order valence-electron chi connectivity index (χ4n) is 4.30. The van der Waals surface area contributed by atoms with Crippen LogP contribution in [0, 0.1) is 0 Å². The van der Waals surface area contributed by atoms with Gasteiger partial charge in [0.05, 0.1) is 0 Å². The molecule has 0 aliphatic carbocycles. The number of rotatable bonds is 25. The van der Waals surface area contributed by atoms with Crippen LogP contribution in [0.25, 0.3) is 0 Å². The predicted molar refractivity (Wildman–Crippen MR) is 145 cm³/mol. The van der Waals surface area contributed by atoms with Crippen LogP contribution in [0.5, 0.6) is 0 Å². The molecule has 0 spiro atoms. The van der Waals surface area contributed by atoms with Gasteiger partial charge >= 0.3 is 5.97 Å². The van der Waals surface area contributed by atoms with Crippen molar-refractivity contribution in [3.63, 3.8) is 0 Å². The molecule has 0 heterocycles. The molecule has 0 saturated heterocycles. The van der Waals surface area contributed by atoms with Crippen molar-refractivity contribution in [2.24, 2.45) is 0 Å². The molecule has 0 aromatic heterocycles. The molecule has 0 rings (SSSR count). The number of carbonyl (C=O) groups is 1. The maximum atomic E-state index is 12.5. The summed E-state index contributed by atoms with van der Waals surface area (Å²) in [4.78, 5) is 17.1. The minimum atomic E-state index is 0.0417. The number of likely N-dealkylation sites (N-methyl/N-ethyl adjacent to an activating group) is 2. The number of esters is 1. The van der Waals surface area contributed by atoms with Crippen molar-refractivity contribution in [3.05, 3.63) is 0 Å². The molecule has 0 N–H and O–H groups in total. The van der Waals surface area contributed by atoms with E-state index in [0.717, 1.165) is 45.3 Å². The Morgan fingerprint density at radius 1 is 0.606 bits per heavy atom. The van der Waals surface area contributed by atoms with E-state index in [-0.39, 0.29) is 12.1 Å². The van der Waals surface area contributed by atoms with Crippen molar-refractivity contribution in [2.45, 2.75) is 142 Å². The van der Waals surface area contributed by atoms with Gasteiger partial charge in [-0.05, 0) is 66.2 Å². The highest BCUT2D eigenvalue weighted by atomic mass is 16.5. The number of hydrogen-bond acceptors (Lipinski definition) is 4. The summed E-state index contributed by atoms with van der Waals surface area (Å²) < 4.78 is 5.95. The molecule has 0 aromatic carbocycles. The average Bonchev–Trinajstić information content (AvgIpc) is 2.79. The molecule has 33 heavy (non-hydrogen) atoms. The van der Waals surface area contributed by atoms with Gasteiger partial charge in [0.1, 0.15) is 6.10 Å². The first kappa shape index (κ1) is 32.4. The van der Waals surface area contributed by atoms with Crippen molar-refractivity contribution >= 4 is 5.97 Å². The third-order valence-electron chi connectivity index (χ3n) is 6.66. The molecule has 0 fully saturated rings. The Balaban J connectivity index is 4.01. The summed E-state index contributed by atoms with van der Waals surface area (Å²) in [5.74, 6) is 0.0417. The molecule has 0 aliphatic rings. The fraction of sp³-hybridized carbons (Fsp3) is 0.966. The Morgan fingerprint density at radius 3 is 1.64 bits per heavy atom. The Kier molecular flexibility index (Phi) is 24.1. The lowest BCUT2D eigenvalue weighted by Crippen LogP contribution is -2.29. The topological polar surface area (TPSA) is 32.8 Å². The van der Waals surface area contributed by atoms with Gasteiger partial charge in [-0.15, -0.1) is 0 Å². The van der Waals surface area contributed by atoms with E-state index in [1.807, 2.05) is 0 Å². The lowest BCUT2D eigenvalue weighted by atomic mass is 10.0. The largest absolute Gasteiger partial charge is 0.462 e. The number of unbranched alkanes of at least 4 members (excludes halogenated alkanes) is 13. The maximum Gasteiger partial charge on any atom is 0.306 e. The monoisotopic (exact) mass is 468 g/mol. The third-order valence-corrected chi connectivity index (χ3v) is 6.66. The normalized spacial score (nSPS) is 11.8. The summed E-state index contributed by atoms with van der Waals surface area (Å²) in [6, 6.07) is 0. The summed E-state index contributed by atoms with van der Waals surface area (Å²) in [7, 11) is 6.45. The molecule has 0 amide bonds. The molecule has 0 unspecified atom stereocenters. The lowest BCUT2D eigenvalue weighted by molar-refractivity contribution is -0.150. The van der Waals surface area contributed by atoms with Gasteiger partial charge in [-0.25, -0.2) is 0 Å². The van der Waals surface area contributed by atoms with Gasteiger partial charge in [0.2, 0.25) is 0 Å². The van der Waals surface area contributed by atoms with Gasteiger partial charge in [-0.2, -0.15) is 0 Å². The van der Waals surface area contributed by atoms with Crippen LogP contribution < -0.4 is 0 Å². The first-order chi connectivity index (χ1) is 16.0. The van der Waals surface area contributed by atoms with E-state index < -0.39 is 0 Å². The predicted octanol–water partition coefficient (Wildman–Crippen LogP) is 7.84. The number of nitrogens with zero attached hydrogens (tertiary/aromatic N) is 2. The number of carbonyl (C=O) groups excluding carboxylic acids is 1. The third kappa shape index (κ3) is 24.3. The van der Waals surface area contributed by atoms with Crippen LogP contribution in [0.1, 0.15) is 136 Å². The quantitative estimate of drug-likeness (QED) is 0.101. The lowest BCUT2D eigenvalue weighted by Gasteiger charge is -2.19. The van der Waals surface area contributed by atoms with Crippen LogP contribution in [0.2, 0.25) is 0 Å². The zero-order valence-electron chi connectivity index (χ0n) is 23.3. The van der Waals surface area contributed by atoms with Gasteiger partial charge in [0.25, 0.3) is 0 Å². The summed E-state index contributed by atoms with van der Waals surface area (Å²) in [6.45, 7) is 7.91. The van der Waals surface area contributed by atoms with Crippen molar-refractivity contribution < 1.29 is 9.53 Å². The Hall–Kier alpha value is -0.610. The van der Waals surface area contributed by atoms with Crippen LogP contribution in [-0.2, 0) is 9.53 Å². The molecule has 4 nitrogen and oxygen atoms in total. The van der Waals surface area contributed by atoms with Gasteiger partial charge in [0.15, 0.2) is 0 Å². The average molecular weight is 469 g/mol. The van der Waals surface area contributed by atoms with Crippen LogP contribution in [0.4, 0.5) is 0 Å². The van der Waals surface area contributed by atoms with E-state index in [2.05, 4.69) is 44.8 Å². The zero-order chi connectivity index (χ0) is 24.6.